The van der Waals surface area contributed by atoms with Gasteiger partial charge in [0.15, 0.2) is 0 Å². The molecular weight excluding hydrogens is 250 g/mol. The second kappa shape index (κ2) is 4.78. The zero-order valence-corrected chi connectivity index (χ0v) is 11.0. The van der Waals surface area contributed by atoms with Gasteiger partial charge in [0.05, 0.1) is 11.1 Å². The molecule has 0 amide bonds. The lowest BCUT2D eigenvalue weighted by atomic mass is 9.97. The largest absolute Gasteiger partial charge is 0.478 e. The number of aromatic carboxylic acids is 1. The van der Waals surface area contributed by atoms with E-state index in [-0.39, 0.29) is 0 Å². The number of carbonyl (C=O) groups is 1. The Kier molecular flexibility index (Phi) is 2.95. The summed E-state index contributed by atoms with van der Waals surface area (Å²) in [6, 6.07) is 15.3. The van der Waals surface area contributed by atoms with E-state index in [2.05, 4.69) is 4.98 Å². The van der Waals surface area contributed by atoms with Gasteiger partial charge in [0, 0.05) is 11.6 Å². The van der Waals surface area contributed by atoms with E-state index in [1.54, 1.807) is 19.2 Å². The van der Waals surface area contributed by atoms with Gasteiger partial charge in [-0.2, -0.15) is 0 Å². The van der Waals surface area contributed by atoms with Gasteiger partial charge in [-0.3, -0.25) is 4.98 Å². The Labute approximate surface area is 116 Å². The zero-order valence-electron chi connectivity index (χ0n) is 11.0. The van der Waals surface area contributed by atoms with Crippen LogP contribution in [-0.4, -0.2) is 16.1 Å². The molecule has 0 spiro atoms. The molecule has 1 N–H and O–H groups in total. The van der Waals surface area contributed by atoms with Gasteiger partial charge in [-0.25, -0.2) is 4.79 Å². The van der Waals surface area contributed by atoms with Gasteiger partial charge >= 0.3 is 5.97 Å². The Hall–Kier alpha value is -2.68. The molecule has 3 nitrogen and oxygen atoms in total. The van der Waals surface area contributed by atoms with Gasteiger partial charge in [-0.15, -0.1) is 0 Å². The molecule has 0 aliphatic heterocycles. The van der Waals surface area contributed by atoms with E-state index in [1.165, 1.54) is 0 Å². The van der Waals surface area contributed by atoms with Crippen LogP contribution >= 0.6 is 0 Å². The van der Waals surface area contributed by atoms with Crippen LogP contribution in [0.4, 0.5) is 0 Å². The minimum absolute atomic E-state index is 0.336. The molecule has 3 rings (SSSR count). The van der Waals surface area contributed by atoms with Crippen molar-refractivity contribution in [3.8, 4) is 11.1 Å². The molecule has 3 aromatic rings. The molecule has 0 atom stereocenters. The number of rotatable bonds is 2. The molecule has 1 heterocycles. The SMILES string of the molecule is Cc1ccc(-c2cccc3ncccc23)cc1C(=O)O. The van der Waals surface area contributed by atoms with Crippen LogP contribution in [0.2, 0.25) is 0 Å². The second-order valence-electron chi connectivity index (χ2n) is 4.71. The summed E-state index contributed by atoms with van der Waals surface area (Å²) < 4.78 is 0. The summed E-state index contributed by atoms with van der Waals surface area (Å²) in [5, 5.41) is 10.3. The van der Waals surface area contributed by atoms with Crippen molar-refractivity contribution in [2.24, 2.45) is 0 Å². The minimum Gasteiger partial charge on any atom is -0.478 e. The quantitative estimate of drug-likeness (QED) is 0.762. The highest BCUT2D eigenvalue weighted by molar-refractivity contribution is 5.97. The van der Waals surface area contributed by atoms with Gasteiger partial charge < -0.3 is 5.11 Å². The van der Waals surface area contributed by atoms with Crippen LogP contribution in [0.1, 0.15) is 15.9 Å². The summed E-state index contributed by atoms with van der Waals surface area (Å²) in [7, 11) is 0. The van der Waals surface area contributed by atoms with E-state index >= 15 is 0 Å². The van der Waals surface area contributed by atoms with Crippen LogP contribution in [0, 0.1) is 6.92 Å². The Bertz CT molecular complexity index is 804. The summed E-state index contributed by atoms with van der Waals surface area (Å²) in [6.45, 7) is 1.80. The molecule has 0 bridgehead atoms. The van der Waals surface area contributed by atoms with Crippen LogP contribution in [0.25, 0.3) is 22.0 Å². The predicted octanol–water partition coefficient (Wildman–Crippen LogP) is 3.91. The minimum atomic E-state index is -0.900. The average molecular weight is 263 g/mol. The fourth-order valence-corrected chi connectivity index (χ4v) is 2.38. The number of fused-ring (bicyclic) bond motifs is 1. The van der Waals surface area contributed by atoms with Gasteiger partial charge in [0.2, 0.25) is 0 Å². The van der Waals surface area contributed by atoms with E-state index in [9.17, 15) is 9.90 Å². The summed E-state index contributed by atoms with van der Waals surface area (Å²) in [6.07, 6.45) is 1.75. The maximum Gasteiger partial charge on any atom is 0.335 e. The molecule has 20 heavy (non-hydrogen) atoms. The van der Waals surface area contributed by atoms with E-state index in [4.69, 9.17) is 0 Å². The van der Waals surface area contributed by atoms with E-state index < -0.39 is 5.97 Å². The Balaban J connectivity index is 2.26. The van der Waals surface area contributed by atoms with Crippen LogP contribution < -0.4 is 0 Å². The molecule has 0 fully saturated rings. The lowest BCUT2D eigenvalue weighted by Crippen LogP contribution is -1.99. The highest BCUT2D eigenvalue weighted by Gasteiger charge is 2.10. The molecule has 0 saturated heterocycles. The van der Waals surface area contributed by atoms with Crippen molar-refractivity contribution in [1.82, 2.24) is 4.98 Å². The number of aryl methyl sites for hydroxylation is 1. The number of hydrogen-bond acceptors (Lipinski definition) is 2. The Morgan fingerprint density at radius 1 is 1.10 bits per heavy atom. The van der Waals surface area contributed by atoms with Crippen molar-refractivity contribution in [2.45, 2.75) is 6.92 Å². The standard InChI is InChI=1S/C17H13NO2/c1-11-7-8-12(10-15(11)17(19)20)13-4-2-6-16-14(13)5-3-9-18-16/h2-10H,1H3,(H,19,20). The fraction of sp³-hybridized carbons (Fsp3) is 0.0588. The van der Waals surface area contributed by atoms with Crippen LogP contribution in [-0.2, 0) is 0 Å². The number of benzene rings is 2. The molecule has 0 radical (unpaired) electrons. The Morgan fingerprint density at radius 3 is 2.75 bits per heavy atom. The van der Waals surface area contributed by atoms with Crippen LogP contribution in [0.5, 0.6) is 0 Å². The summed E-state index contributed by atoms with van der Waals surface area (Å²) in [5.74, 6) is -0.900. The van der Waals surface area contributed by atoms with Crippen molar-refractivity contribution in [3.63, 3.8) is 0 Å². The summed E-state index contributed by atoms with van der Waals surface area (Å²) in [5.41, 5.74) is 3.90. The number of carboxylic acid groups (broad SMARTS) is 1. The molecule has 0 aliphatic rings. The first kappa shape index (κ1) is 12.4. The third-order valence-corrected chi connectivity index (χ3v) is 3.42. The highest BCUT2D eigenvalue weighted by Crippen LogP contribution is 2.29. The molecule has 98 valence electrons. The Morgan fingerprint density at radius 2 is 1.95 bits per heavy atom. The maximum absolute atomic E-state index is 11.3. The van der Waals surface area contributed by atoms with E-state index in [0.29, 0.717) is 5.56 Å². The molecule has 0 unspecified atom stereocenters. The molecule has 0 aliphatic carbocycles. The zero-order chi connectivity index (χ0) is 14.1. The van der Waals surface area contributed by atoms with Crippen LogP contribution in [0.15, 0.2) is 54.7 Å². The average Bonchev–Trinajstić information content (AvgIpc) is 2.47. The van der Waals surface area contributed by atoms with Crippen LogP contribution in [0.3, 0.4) is 0 Å². The number of hydrogen-bond donors (Lipinski definition) is 1. The predicted molar refractivity (Wildman–Crippen MR) is 78.9 cm³/mol. The number of carboxylic acids is 1. The summed E-state index contributed by atoms with van der Waals surface area (Å²) >= 11 is 0. The monoisotopic (exact) mass is 263 g/mol. The van der Waals surface area contributed by atoms with Gasteiger partial charge in [0.25, 0.3) is 0 Å². The molecule has 0 saturated carbocycles. The van der Waals surface area contributed by atoms with Crippen molar-refractivity contribution < 1.29 is 9.90 Å². The maximum atomic E-state index is 11.3. The lowest BCUT2D eigenvalue weighted by molar-refractivity contribution is 0.0696. The molecule has 3 heteroatoms. The fourth-order valence-electron chi connectivity index (χ4n) is 2.38. The van der Waals surface area contributed by atoms with Gasteiger partial charge in [-0.1, -0.05) is 30.3 Å². The van der Waals surface area contributed by atoms with Gasteiger partial charge in [-0.05, 0) is 41.8 Å². The first-order valence-corrected chi connectivity index (χ1v) is 6.35. The smallest absolute Gasteiger partial charge is 0.335 e. The van der Waals surface area contributed by atoms with Crippen molar-refractivity contribution in [3.05, 3.63) is 65.9 Å². The molecule has 2 aromatic carbocycles. The number of pyridine rings is 1. The third kappa shape index (κ3) is 2.03. The normalized spacial score (nSPS) is 10.7. The van der Waals surface area contributed by atoms with Crippen molar-refractivity contribution >= 4 is 16.9 Å². The van der Waals surface area contributed by atoms with E-state index in [0.717, 1.165) is 27.6 Å². The topological polar surface area (TPSA) is 50.2 Å². The highest BCUT2D eigenvalue weighted by atomic mass is 16.4. The first-order chi connectivity index (χ1) is 9.66. The second-order valence-corrected chi connectivity index (χ2v) is 4.71. The third-order valence-electron chi connectivity index (χ3n) is 3.42. The number of aromatic nitrogens is 1. The van der Waals surface area contributed by atoms with E-state index in [1.807, 2.05) is 42.5 Å². The van der Waals surface area contributed by atoms with Gasteiger partial charge in [0.1, 0.15) is 0 Å². The molecule has 1 aromatic heterocycles. The number of nitrogens with zero attached hydrogens (tertiary/aromatic N) is 1. The first-order valence-electron chi connectivity index (χ1n) is 6.35. The van der Waals surface area contributed by atoms with Crippen molar-refractivity contribution in [2.75, 3.05) is 0 Å². The lowest BCUT2D eigenvalue weighted by Gasteiger charge is -2.08. The summed E-state index contributed by atoms with van der Waals surface area (Å²) in [4.78, 5) is 15.6. The molecular formula is C17H13NO2. The van der Waals surface area contributed by atoms with Crippen molar-refractivity contribution in [1.29, 1.82) is 0 Å².